The summed E-state index contributed by atoms with van der Waals surface area (Å²) in [6, 6.07) is 0. The maximum atomic E-state index is 12.1. The van der Waals surface area contributed by atoms with Crippen LogP contribution >= 0.6 is 23.1 Å². The monoisotopic (exact) mass is 357 g/mol. The molecule has 2 aromatic rings. The molecule has 1 N–H and O–H groups in total. The number of thioether (sulfide) groups is 1. The Morgan fingerprint density at radius 2 is 2.17 bits per heavy atom. The van der Waals surface area contributed by atoms with Crippen LogP contribution in [-0.4, -0.2) is 23.0 Å². The van der Waals surface area contributed by atoms with E-state index in [4.69, 9.17) is 9.26 Å². The van der Waals surface area contributed by atoms with Gasteiger partial charge in [0.15, 0.2) is 15.8 Å². The summed E-state index contributed by atoms with van der Waals surface area (Å²) in [6.07, 6.45) is 1.87. The van der Waals surface area contributed by atoms with Gasteiger partial charge in [0, 0.05) is 7.05 Å². The summed E-state index contributed by atoms with van der Waals surface area (Å²) < 4.78 is 11.0. The van der Waals surface area contributed by atoms with Gasteiger partial charge >= 0.3 is 0 Å². The number of rotatable bonds is 1. The van der Waals surface area contributed by atoms with Gasteiger partial charge in [-0.05, 0) is 31.6 Å². The molecule has 1 saturated carbocycles. The third kappa shape index (κ3) is 1.77. The van der Waals surface area contributed by atoms with E-state index in [1.807, 2.05) is 6.92 Å². The van der Waals surface area contributed by atoms with Crippen molar-refractivity contribution in [3.05, 3.63) is 27.1 Å². The van der Waals surface area contributed by atoms with Gasteiger partial charge in [-0.2, -0.15) is 0 Å². The van der Waals surface area contributed by atoms with E-state index >= 15 is 0 Å². The number of fused-ring (bicyclic) bond motifs is 2. The molecular formula is C16H11N3O3S2. The van der Waals surface area contributed by atoms with Gasteiger partial charge in [-0.1, -0.05) is 28.3 Å². The van der Waals surface area contributed by atoms with Crippen molar-refractivity contribution in [1.29, 1.82) is 0 Å². The number of carbonyl (C=O) groups is 1. The number of hydrogen-bond acceptors (Lipinski definition) is 8. The topological polar surface area (TPSA) is 77.2 Å². The van der Waals surface area contributed by atoms with Crippen LogP contribution in [0.1, 0.15) is 29.3 Å². The number of nitrogens with one attached hydrogen (secondary N) is 1. The Morgan fingerprint density at radius 3 is 2.92 bits per heavy atom. The van der Waals surface area contributed by atoms with Crippen molar-refractivity contribution >= 4 is 34.6 Å². The lowest BCUT2D eigenvalue weighted by Crippen LogP contribution is -2.35. The summed E-state index contributed by atoms with van der Waals surface area (Å²) in [5.41, 5.74) is 1.31. The highest BCUT2D eigenvalue weighted by Gasteiger charge is 2.65. The third-order valence-electron chi connectivity index (χ3n) is 4.39. The van der Waals surface area contributed by atoms with Crippen molar-refractivity contribution in [2.45, 2.75) is 24.8 Å². The van der Waals surface area contributed by atoms with Crippen LogP contribution < -0.4 is 10.1 Å². The average molecular weight is 357 g/mol. The van der Waals surface area contributed by atoms with Crippen molar-refractivity contribution in [1.82, 2.24) is 10.1 Å². The van der Waals surface area contributed by atoms with Gasteiger partial charge in [-0.3, -0.25) is 4.79 Å². The number of aromatic nitrogens is 2. The first-order valence-corrected chi connectivity index (χ1v) is 9.08. The number of anilines is 1. The van der Waals surface area contributed by atoms with E-state index in [0.29, 0.717) is 21.6 Å². The van der Waals surface area contributed by atoms with E-state index < -0.39 is 0 Å². The zero-order valence-corrected chi connectivity index (χ0v) is 14.5. The van der Waals surface area contributed by atoms with Gasteiger partial charge in [0.05, 0.1) is 10.3 Å². The average Bonchev–Trinajstić information content (AvgIpc) is 3.22. The molecule has 24 heavy (non-hydrogen) atoms. The molecule has 0 amide bonds. The lowest BCUT2D eigenvalue weighted by molar-refractivity contribution is -0.123. The molecule has 8 heteroatoms. The molecule has 0 atom stereocenters. The maximum absolute atomic E-state index is 12.1. The minimum atomic E-state index is -0.230. The largest absolute Gasteiger partial charge is 0.439 e. The Bertz CT molecular complexity index is 1000. The number of nitrogens with zero attached hydrogens (tertiary/aromatic N) is 2. The van der Waals surface area contributed by atoms with Crippen LogP contribution in [0.4, 0.5) is 5.69 Å². The highest BCUT2D eigenvalue weighted by molar-refractivity contribution is 8.03. The van der Waals surface area contributed by atoms with Crippen molar-refractivity contribution in [3.8, 4) is 16.9 Å². The standard InChI is InChI=1S/C16H11N3O3S2/c1-7-10(17-2)8(22-19-7)3-4-9-18-14-15(23-9)21-11-12(20)16(5-6-16)13(11)24-14/h17H,5-6H2,1-2H3. The Kier molecular flexibility index (Phi) is 2.74. The zero-order chi connectivity index (χ0) is 16.5. The second-order valence-corrected chi connectivity index (χ2v) is 7.82. The molecular weight excluding hydrogens is 346 g/mol. The minimum Gasteiger partial charge on any atom is -0.439 e. The fourth-order valence-electron chi connectivity index (χ4n) is 2.92. The van der Waals surface area contributed by atoms with E-state index in [9.17, 15) is 4.79 Å². The van der Waals surface area contributed by atoms with Gasteiger partial charge in [-0.15, -0.1) is 0 Å². The Balaban J connectivity index is 1.44. The smallest absolute Gasteiger partial charge is 0.233 e. The summed E-state index contributed by atoms with van der Waals surface area (Å²) in [5.74, 6) is 7.07. The Hall–Kier alpha value is -2.24. The van der Waals surface area contributed by atoms with E-state index in [2.05, 4.69) is 27.3 Å². The van der Waals surface area contributed by atoms with E-state index in [1.54, 1.807) is 18.8 Å². The molecule has 2 aromatic heterocycles. The molecule has 0 aromatic carbocycles. The van der Waals surface area contributed by atoms with Gasteiger partial charge in [0.2, 0.25) is 16.6 Å². The molecule has 0 radical (unpaired) electrons. The Labute approximate surface area is 145 Å². The Morgan fingerprint density at radius 1 is 1.33 bits per heavy atom. The normalized spacial score (nSPS) is 19.0. The number of hydrogen-bond donors (Lipinski definition) is 1. The SMILES string of the molecule is CNc1c(C)noc1C#Cc1nc2c(s1)OC1=C(S2)C2(CC2)C1=O. The molecule has 2 aliphatic carbocycles. The van der Waals surface area contributed by atoms with Crippen molar-refractivity contribution in [2.75, 3.05) is 12.4 Å². The summed E-state index contributed by atoms with van der Waals surface area (Å²) in [7, 11) is 1.80. The van der Waals surface area contributed by atoms with Crippen molar-refractivity contribution in [2.24, 2.45) is 5.41 Å². The molecule has 0 bridgehead atoms. The lowest BCUT2D eigenvalue weighted by atomic mass is 9.87. The second-order valence-electron chi connectivity index (χ2n) is 5.86. The highest BCUT2D eigenvalue weighted by Crippen LogP contribution is 2.68. The van der Waals surface area contributed by atoms with Crippen LogP contribution in [0, 0.1) is 24.2 Å². The third-order valence-corrected chi connectivity index (χ3v) is 6.62. The number of thiazole rings is 1. The van der Waals surface area contributed by atoms with Crippen LogP contribution in [0.25, 0.3) is 0 Å². The first-order chi connectivity index (χ1) is 11.6. The molecule has 1 spiro atoms. The van der Waals surface area contributed by atoms with E-state index in [0.717, 1.165) is 34.2 Å². The minimum absolute atomic E-state index is 0.146. The number of allylic oxidation sites excluding steroid dienone is 2. The number of Topliss-reactive ketones (excluding diaryl/α,β-unsaturated/α-hetero) is 1. The van der Waals surface area contributed by atoms with Crippen LogP contribution in [0.2, 0.25) is 0 Å². The molecule has 3 aliphatic rings. The number of aryl methyl sites for hydroxylation is 1. The molecule has 120 valence electrons. The van der Waals surface area contributed by atoms with Gasteiger partial charge in [0.1, 0.15) is 11.4 Å². The molecule has 6 nitrogen and oxygen atoms in total. The van der Waals surface area contributed by atoms with Crippen LogP contribution in [0.15, 0.2) is 20.2 Å². The van der Waals surface area contributed by atoms with Gasteiger partial charge in [-0.25, -0.2) is 4.98 Å². The van der Waals surface area contributed by atoms with Crippen molar-refractivity contribution in [3.63, 3.8) is 0 Å². The van der Waals surface area contributed by atoms with E-state index in [1.165, 1.54) is 11.3 Å². The quantitative estimate of drug-likeness (QED) is 0.786. The highest BCUT2D eigenvalue weighted by atomic mass is 32.2. The number of carbonyl (C=O) groups excluding carboxylic acids is 1. The summed E-state index contributed by atoms with van der Waals surface area (Å²) in [6.45, 7) is 1.85. The summed E-state index contributed by atoms with van der Waals surface area (Å²) in [5, 5.41) is 8.99. The molecule has 1 fully saturated rings. The second kappa shape index (κ2) is 4.65. The fraction of sp³-hybridized carbons (Fsp3) is 0.312. The van der Waals surface area contributed by atoms with E-state index in [-0.39, 0.29) is 11.2 Å². The van der Waals surface area contributed by atoms with Crippen LogP contribution in [-0.2, 0) is 4.79 Å². The molecule has 0 unspecified atom stereocenters. The first kappa shape index (κ1) is 14.1. The first-order valence-electron chi connectivity index (χ1n) is 7.44. The lowest BCUT2D eigenvalue weighted by Gasteiger charge is -2.32. The van der Waals surface area contributed by atoms with Gasteiger partial charge in [0.25, 0.3) is 0 Å². The molecule has 1 aliphatic heterocycles. The summed E-state index contributed by atoms with van der Waals surface area (Å²) >= 11 is 2.89. The number of ketones is 1. The van der Waals surface area contributed by atoms with Crippen LogP contribution in [0.5, 0.6) is 5.06 Å². The molecule has 5 rings (SSSR count). The molecule has 3 heterocycles. The van der Waals surface area contributed by atoms with Crippen LogP contribution in [0.3, 0.4) is 0 Å². The summed E-state index contributed by atoms with van der Waals surface area (Å²) in [4.78, 5) is 17.7. The molecule has 0 saturated heterocycles. The predicted octanol–water partition coefficient (Wildman–Crippen LogP) is 2.94. The fourth-order valence-corrected chi connectivity index (χ4v) is 5.07. The van der Waals surface area contributed by atoms with Gasteiger partial charge < -0.3 is 14.6 Å². The predicted molar refractivity (Wildman–Crippen MR) is 89.1 cm³/mol. The van der Waals surface area contributed by atoms with Crippen molar-refractivity contribution < 1.29 is 14.1 Å². The zero-order valence-electron chi connectivity index (χ0n) is 12.8. The number of ether oxygens (including phenoxy) is 1. The maximum Gasteiger partial charge on any atom is 0.233 e.